The monoisotopic (exact) mass is 222 g/mol. The van der Waals surface area contributed by atoms with E-state index in [1.54, 1.807) is 0 Å². The highest BCUT2D eigenvalue weighted by Gasteiger charge is 2.16. The molecule has 90 valence electrons. The molecule has 0 heterocycles. The summed E-state index contributed by atoms with van der Waals surface area (Å²) in [6, 6.07) is 0. The van der Waals surface area contributed by atoms with Crippen LogP contribution < -0.4 is 0 Å². The lowest BCUT2D eigenvalue weighted by atomic mass is 10.4. The van der Waals surface area contributed by atoms with Crippen LogP contribution in [0.3, 0.4) is 0 Å². The van der Waals surface area contributed by atoms with Gasteiger partial charge in [-0.3, -0.25) is 4.70 Å². The van der Waals surface area contributed by atoms with Crippen molar-refractivity contribution >= 4 is 11.9 Å². The summed E-state index contributed by atoms with van der Waals surface area (Å²) in [5.41, 5.74) is 0. The molecule has 0 aromatic rings. The predicted octanol–water partition coefficient (Wildman–Crippen LogP) is 1.83. The lowest BCUT2D eigenvalue weighted by Crippen LogP contribution is -2.21. The Morgan fingerprint density at radius 3 is 1.47 bits per heavy atom. The van der Waals surface area contributed by atoms with Crippen LogP contribution in [0.25, 0.3) is 0 Å². The van der Waals surface area contributed by atoms with Crippen molar-refractivity contribution in [3.05, 3.63) is 0 Å². The Labute approximate surface area is 89.3 Å². The van der Waals surface area contributed by atoms with E-state index < -0.39 is 11.9 Å². The summed E-state index contributed by atoms with van der Waals surface area (Å²) >= 11 is 0. The van der Waals surface area contributed by atoms with Crippen molar-refractivity contribution in [2.75, 3.05) is 13.2 Å². The molecule has 0 saturated heterocycles. The minimum Gasteiger partial charge on any atom is -0.457 e. The molecule has 0 amide bonds. The smallest absolute Gasteiger partial charge is 0.417 e. The van der Waals surface area contributed by atoms with Gasteiger partial charge in [0.25, 0.3) is 0 Å². The number of rotatable bonds is 6. The molecule has 0 aliphatic heterocycles. The number of hydrogen-bond donors (Lipinski definition) is 0. The Bertz CT molecular complexity index is 162. The van der Waals surface area contributed by atoms with Gasteiger partial charge in [0, 0.05) is 0 Å². The van der Waals surface area contributed by atoms with Crippen LogP contribution >= 0.6 is 0 Å². The van der Waals surface area contributed by atoms with E-state index in [9.17, 15) is 9.59 Å². The van der Waals surface area contributed by atoms with Crippen molar-refractivity contribution in [2.45, 2.75) is 39.5 Å². The van der Waals surface area contributed by atoms with Gasteiger partial charge < -0.3 is 9.47 Å². The standard InChI is InChI=1S/C10H18O4.FH/c1-3-5-7-13-9(11)10(12)14-8-6-4-2;/h3-8H2,1-2H3;1H. The first kappa shape index (κ1) is 16.3. The van der Waals surface area contributed by atoms with Gasteiger partial charge in [-0.1, -0.05) is 26.7 Å². The third-order valence-corrected chi connectivity index (χ3v) is 1.63. The number of unbranched alkanes of at least 4 members (excludes halogenated alkanes) is 2. The second-order valence-corrected chi connectivity index (χ2v) is 2.98. The summed E-state index contributed by atoms with van der Waals surface area (Å²) in [6.45, 7) is 4.54. The van der Waals surface area contributed by atoms with E-state index in [2.05, 4.69) is 9.47 Å². The van der Waals surface area contributed by atoms with Gasteiger partial charge in [-0.2, -0.15) is 0 Å². The summed E-state index contributed by atoms with van der Waals surface area (Å²) < 4.78 is 9.32. The fourth-order valence-electron chi connectivity index (χ4n) is 0.736. The summed E-state index contributed by atoms with van der Waals surface area (Å²) in [6.07, 6.45) is 3.40. The van der Waals surface area contributed by atoms with E-state index in [1.165, 1.54) is 0 Å². The van der Waals surface area contributed by atoms with Crippen molar-refractivity contribution in [3.8, 4) is 0 Å². The first-order chi connectivity index (χ1) is 6.72. The maximum Gasteiger partial charge on any atom is 0.417 e. The third kappa shape index (κ3) is 9.18. The zero-order valence-electron chi connectivity index (χ0n) is 9.28. The van der Waals surface area contributed by atoms with Crippen molar-refractivity contribution in [3.63, 3.8) is 0 Å². The average Bonchev–Trinajstić information content (AvgIpc) is 2.18. The SMILES string of the molecule is CCCCOC(=O)C(=O)OCCCC.F. The van der Waals surface area contributed by atoms with Crippen LogP contribution in [0.15, 0.2) is 0 Å². The van der Waals surface area contributed by atoms with E-state index in [4.69, 9.17) is 0 Å². The number of esters is 2. The van der Waals surface area contributed by atoms with E-state index in [1.807, 2.05) is 13.8 Å². The molecular formula is C10H19FO4. The Kier molecular flexibility index (Phi) is 11.9. The van der Waals surface area contributed by atoms with E-state index in [-0.39, 0.29) is 17.9 Å². The number of hydrogen-bond acceptors (Lipinski definition) is 4. The van der Waals surface area contributed by atoms with Crippen molar-refractivity contribution in [1.29, 1.82) is 0 Å². The molecular weight excluding hydrogens is 203 g/mol. The quantitative estimate of drug-likeness (QED) is 0.391. The highest BCUT2D eigenvalue weighted by atomic mass is 19.0. The molecule has 15 heavy (non-hydrogen) atoms. The molecule has 0 unspecified atom stereocenters. The number of halogens is 1. The zero-order chi connectivity index (χ0) is 10.8. The number of ether oxygens (including phenoxy) is 2. The molecule has 5 heteroatoms. The van der Waals surface area contributed by atoms with Gasteiger partial charge in [0.1, 0.15) is 0 Å². The maximum atomic E-state index is 10.9. The molecule has 0 saturated carbocycles. The fraction of sp³-hybridized carbons (Fsp3) is 0.800. The topological polar surface area (TPSA) is 52.6 Å². The van der Waals surface area contributed by atoms with Gasteiger partial charge in [0.2, 0.25) is 0 Å². The van der Waals surface area contributed by atoms with Crippen LogP contribution in [0.1, 0.15) is 39.5 Å². The van der Waals surface area contributed by atoms with Crippen molar-refractivity contribution in [2.24, 2.45) is 0 Å². The second-order valence-electron chi connectivity index (χ2n) is 2.98. The molecule has 4 nitrogen and oxygen atoms in total. The van der Waals surface area contributed by atoms with Gasteiger partial charge in [0.15, 0.2) is 0 Å². The van der Waals surface area contributed by atoms with Gasteiger partial charge in [-0.15, -0.1) is 0 Å². The summed E-state index contributed by atoms with van der Waals surface area (Å²) in [5.74, 6) is -1.76. The Balaban J connectivity index is 0. The molecule has 0 aliphatic carbocycles. The highest BCUT2D eigenvalue weighted by molar-refractivity contribution is 6.29. The number of carbonyl (C=O) groups excluding carboxylic acids is 2. The van der Waals surface area contributed by atoms with Crippen LogP contribution in [0, 0.1) is 0 Å². The van der Waals surface area contributed by atoms with Gasteiger partial charge in [0.05, 0.1) is 13.2 Å². The fourth-order valence-corrected chi connectivity index (χ4v) is 0.736. The highest BCUT2D eigenvalue weighted by Crippen LogP contribution is 1.93. The molecule has 0 spiro atoms. The van der Waals surface area contributed by atoms with Gasteiger partial charge in [-0.25, -0.2) is 9.59 Å². The van der Waals surface area contributed by atoms with E-state index in [0.717, 1.165) is 25.7 Å². The molecule has 0 atom stereocenters. The second kappa shape index (κ2) is 10.9. The van der Waals surface area contributed by atoms with Crippen LogP contribution in [0.5, 0.6) is 0 Å². The Hall–Kier alpha value is -1.13. The first-order valence-corrected chi connectivity index (χ1v) is 5.06. The molecule has 0 bridgehead atoms. The molecule has 0 rings (SSSR count). The molecule has 0 aromatic carbocycles. The molecule has 0 aliphatic rings. The predicted molar refractivity (Wildman–Crippen MR) is 54.2 cm³/mol. The molecule has 0 N–H and O–H groups in total. The largest absolute Gasteiger partial charge is 0.457 e. The summed E-state index contributed by atoms with van der Waals surface area (Å²) in [5, 5.41) is 0. The van der Waals surface area contributed by atoms with Crippen LogP contribution in [0.4, 0.5) is 4.70 Å². The Morgan fingerprint density at radius 2 is 1.20 bits per heavy atom. The minimum atomic E-state index is -0.880. The van der Waals surface area contributed by atoms with Crippen LogP contribution in [0.2, 0.25) is 0 Å². The number of carbonyl (C=O) groups is 2. The summed E-state index contributed by atoms with van der Waals surface area (Å²) in [7, 11) is 0. The maximum absolute atomic E-state index is 10.9. The van der Waals surface area contributed by atoms with Gasteiger partial charge in [-0.05, 0) is 12.8 Å². The van der Waals surface area contributed by atoms with Crippen molar-refractivity contribution < 1.29 is 23.8 Å². The summed E-state index contributed by atoms with van der Waals surface area (Å²) in [4.78, 5) is 21.8. The van der Waals surface area contributed by atoms with E-state index in [0.29, 0.717) is 0 Å². The van der Waals surface area contributed by atoms with E-state index >= 15 is 0 Å². The third-order valence-electron chi connectivity index (χ3n) is 1.63. The van der Waals surface area contributed by atoms with Crippen molar-refractivity contribution in [1.82, 2.24) is 0 Å². The Morgan fingerprint density at radius 1 is 0.867 bits per heavy atom. The normalized spacial score (nSPS) is 8.93. The lowest BCUT2D eigenvalue weighted by molar-refractivity contribution is -0.167. The zero-order valence-corrected chi connectivity index (χ0v) is 9.28. The lowest BCUT2D eigenvalue weighted by Gasteiger charge is -2.03. The molecule has 0 aromatic heterocycles. The molecule has 0 fully saturated rings. The van der Waals surface area contributed by atoms with Crippen LogP contribution in [-0.2, 0) is 19.1 Å². The average molecular weight is 222 g/mol. The minimum absolute atomic E-state index is 0. The van der Waals surface area contributed by atoms with Crippen LogP contribution in [-0.4, -0.2) is 25.2 Å². The molecule has 0 radical (unpaired) electrons. The van der Waals surface area contributed by atoms with Gasteiger partial charge >= 0.3 is 11.9 Å². The first-order valence-electron chi connectivity index (χ1n) is 5.06.